The normalized spacial score (nSPS) is 32.0. The molecule has 1 fully saturated rings. The summed E-state index contributed by atoms with van der Waals surface area (Å²) in [6.45, 7) is 4.79. The highest BCUT2D eigenvalue weighted by atomic mass is 16.5. The smallest absolute Gasteiger partial charge is 0.124 e. The molecule has 3 nitrogen and oxygen atoms in total. The lowest BCUT2D eigenvalue weighted by molar-refractivity contribution is -0.0525. The predicted molar refractivity (Wildman–Crippen MR) is 61.8 cm³/mol. The summed E-state index contributed by atoms with van der Waals surface area (Å²) in [6, 6.07) is 6.28. The van der Waals surface area contributed by atoms with Gasteiger partial charge in [0.25, 0.3) is 0 Å². The maximum Gasteiger partial charge on any atom is 0.124 e. The number of hydrogen-bond donors (Lipinski definition) is 1. The SMILES string of the molecule is COc1cccc2c1CO[C@]1(C)CNC[C@@H]21. The second-order valence-electron chi connectivity index (χ2n) is 4.81. The van der Waals surface area contributed by atoms with Crippen LogP contribution in [-0.4, -0.2) is 25.8 Å². The lowest BCUT2D eigenvalue weighted by atomic mass is 9.81. The van der Waals surface area contributed by atoms with E-state index in [1.807, 2.05) is 6.07 Å². The average molecular weight is 219 g/mol. The molecule has 2 heterocycles. The van der Waals surface area contributed by atoms with Crippen molar-refractivity contribution >= 4 is 0 Å². The molecule has 3 heteroatoms. The van der Waals surface area contributed by atoms with Crippen molar-refractivity contribution in [3.63, 3.8) is 0 Å². The minimum Gasteiger partial charge on any atom is -0.496 e. The van der Waals surface area contributed by atoms with E-state index in [0.29, 0.717) is 12.5 Å². The summed E-state index contributed by atoms with van der Waals surface area (Å²) in [5.74, 6) is 1.40. The van der Waals surface area contributed by atoms with E-state index in [1.165, 1.54) is 11.1 Å². The molecule has 2 aliphatic rings. The van der Waals surface area contributed by atoms with Gasteiger partial charge in [0, 0.05) is 24.6 Å². The summed E-state index contributed by atoms with van der Waals surface area (Å²) in [6.07, 6.45) is 0. The fraction of sp³-hybridized carbons (Fsp3) is 0.538. The van der Waals surface area contributed by atoms with Crippen LogP contribution < -0.4 is 10.1 Å². The summed E-state index contributed by atoms with van der Waals surface area (Å²) in [7, 11) is 1.72. The monoisotopic (exact) mass is 219 g/mol. The van der Waals surface area contributed by atoms with Crippen LogP contribution in [0.2, 0.25) is 0 Å². The Labute approximate surface area is 95.8 Å². The number of hydrogen-bond acceptors (Lipinski definition) is 3. The lowest BCUT2D eigenvalue weighted by Crippen LogP contribution is -2.39. The minimum absolute atomic E-state index is 0.0423. The lowest BCUT2D eigenvalue weighted by Gasteiger charge is -2.37. The molecule has 16 heavy (non-hydrogen) atoms. The molecule has 1 aromatic carbocycles. The molecule has 86 valence electrons. The van der Waals surface area contributed by atoms with E-state index in [-0.39, 0.29) is 5.60 Å². The quantitative estimate of drug-likeness (QED) is 0.779. The Hall–Kier alpha value is -1.06. The van der Waals surface area contributed by atoms with Crippen molar-refractivity contribution in [2.45, 2.75) is 25.0 Å². The van der Waals surface area contributed by atoms with Crippen LogP contribution in [0.5, 0.6) is 5.75 Å². The third-order valence-corrected chi connectivity index (χ3v) is 3.87. The second-order valence-corrected chi connectivity index (χ2v) is 4.81. The van der Waals surface area contributed by atoms with Crippen LogP contribution in [0.4, 0.5) is 0 Å². The first-order valence-corrected chi connectivity index (χ1v) is 5.75. The van der Waals surface area contributed by atoms with E-state index < -0.39 is 0 Å². The van der Waals surface area contributed by atoms with Crippen LogP contribution in [-0.2, 0) is 11.3 Å². The van der Waals surface area contributed by atoms with Crippen LogP contribution in [0.25, 0.3) is 0 Å². The molecular formula is C13H17NO2. The summed E-state index contributed by atoms with van der Waals surface area (Å²) in [5, 5.41) is 3.42. The van der Waals surface area contributed by atoms with Gasteiger partial charge in [0.1, 0.15) is 5.75 Å². The van der Waals surface area contributed by atoms with Gasteiger partial charge in [-0.15, -0.1) is 0 Å². The van der Waals surface area contributed by atoms with Crippen molar-refractivity contribution in [2.75, 3.05) is 20.2 Å². The van der Waals surface area contributed by atoms with E-state index in [1.54, 1.807) is 7.11 Å². The first-order chi connectivity index (χ1) is 7.74. The van der Waals surface area contributed by atoms with E-state index in [0.717, 1.165) is 18.8 Å². The highest BCUT2D eigenvalue weighted by Gasteiger charge is 2.44. The largest absolute Gasteiger partial charge is 0.496 e. The number of benzene rings is 1. The Kier molecular flexibility index (Phi) is 2.19. The fourth-order valence-electron chi connectivity index (χ4n) is 2.89. The summed E-state index contributed by atoms with van der Waals surface area (Å²) in [5.41, 5.74) is 2.56. The maximum atomic E-state index is 6.02. The molecule has 0 saturated carbocycles. The Morgan fingerprint density at radius 3 is 3.19 bits per heavy atom. The van der Waals surface area contributed by atoms with Gasteiger partial charge in [0.15, 0.2) is 0 Å². The fourth-order valence-corrected chi connectivity index (χ4v) is 2.89. The van der Waals surface area contributed by atoms with Crippen LogP contribution in [0.1, 0.15) is 24.0 Å². The first-order valence-electron chi connectivity index (χ1n) is 5.75. The molecule has 2 aliphatic heterocycles. The molecule has 1 N–H and O–H groups in total. The highest BCUT2D eigenvalue weighted by molar-refractivity contribution is 5.45. The molecule has 0 radical (unpaired) electrons. The molecule has 0 aromatic heterocycles. The van der Waals surface area contributed by atoms with E-state index in [2.05, 4.69) is 24.4 Å². The van der Waals surface area contributed by atoms with Crippen molar-refractivity contribution in [1.29, 1.82) is 0 Å². The average Bonchev–Trinajstić information content (AvgIpc) is 2.70. The van der Waals surface area contributed by atoms with Gasteiger partial charge in [-0.2, -0.15) is 0 Å². The summed E-state index contributed by atoms with van der Waals surface area (Å²) in [4.78, 5) is 0. The molecule has 1 saturated heterocycles. The van der Waals surface area contributed by atoms with Gasteiger partial charge in [-0.05, 0) is 18.6 Å². The van der Waals surface area contributed by atoms with Gasteiger partial charge in [0.2, 0.25) is 0 Å². The van der Waals surface area contributed by atoms with E-state index in [4.69, 9.17) is 9.47 Å². The third kappa shape index (κ3) is 1.28. The standard InChI is InChI=1S/C13H17NO2/c1-13-8-14-6-11(13)9-4-3-5-12(15-2)10(9)7-16-13/h3-5,11,14H,6-8H2,1-2H3/t11-,13+/m0/s1. The van der Waals surface area contributed by atoms with Crippen molar-refractivity contribution in [2.24, 2.45) is 0 Å². The van der Waals surface area contributed by atoms with Crippen molar-refractivity contribution in [3.8, 4) is 5.75 Å². The van der Waals surface area contributed by atoms with Gasteiger partial charge in [0.05, 0.1) is 19.3 Å². The summed E-state index contributed by atoms with van der Waals surface area (Å²) >= 11 is 0. The Morgan fingerprint density at radius 2 is 2.38 bits per heavy atom. The van der Waals surface area contributed by atoms with E-state index in [9.17, 15) is 0 Å². The van der Waals surface area contributed by atoms with Gasteiger partial charge < -0.3 is 14.8 Å². The number of nitrogens with one attached hydrogen (secondary N) is 1. The molecule has 0 amide bonds. The summed E-state index contributed by atoms with van der Waals surface area (Å²) < 4.78 is 11.4. The molecule has 1 aromatic rings. The zero-order valence-electron chi connectivity index (χ0n) is 9.75. The van der Waals surface area contributed by atoms with Crippen LogP contribution in [0.15, 0.2) is 18.2 Å². The van der Waals surface area contributed by atoms with Crippen molar-refractivity contribution in [1.82, 2.24) is 5.32 Å². The zero-order valence-corrected chi connectivity index (χ0v) is 9.75. The number of methoxy groups -OCH3 is 1. The molecule has 3 rings (SSSR count). The second kappa shape index (κ2) is 3.47. The molecular weight excluding hydrogens is 202 g/mol. The van der Waals surface area contributed by atoms with Crippen LogP contribution >= 0.6 is 0 Å². The number of fused-ring (bicyclic) bond motifs is 3. The topological polar surface area (TPSA) is 30.5 Å². The predicted octanol–water partition coefficient (Wildman–Crippen LogP) is 1.67. The van der Waals surface area contributed by atoms with Crippen molar-refractivity contribution in [3.05, 3.63) is 29.3 Å². The molecule has 0 unspecified atom stereocenters. The van der Waals surface area contributed by atoms with Crippen LogP contribution in [0.3, 0.4) is 0 Å². The molecule has 2 atom stereocenters. The Bertz CT molecular complexity index is 418. The first kappa shape index (κ1) is 10.1. The molecule has 0 bridgehead atoms. The van der Waals surface area contributed by atoms with Gasteiger partial charge in [-0.1, -0.05) is 12.1 Å². The zero-order chi connectivity index (χ0) is 11.2. The molecule has 0 aliphatic carbocycles. The number of rotatable bonds is 1. The van der Waals surface area contributed by atoms with Gasteiger partial charge >= 0.3 is 0 Å². The maximum absolute atomic E-state index is 6.02. The van der Waals surface area contributed by atoms with E-state index >= 15 is 0 Å². The van der Waals surface area contributed by atoms with Gasteiger partial charge in [-0.3, -0.25) is 0 Å². The minimum atomic E-state index is -0.0423. The highest BCUT2D eigenvalue weighted by Crippen LogP contribution is 2.43. The number of ether oxygens (including phenoxy) is 2. The molecule has 0 spiro atoms. The van der Waals surface area contributed by atoms with Gasteiger partial charge in [-0.25, -0.2) is 0 Å². The third-order valence-electron chi connectivity index (χ3n) is 3.87. The van der Waals surface area contributed by atoms with Crippen molar-refractivity contribution < 1.29 is 9.47 Å². The Balaban J connectivity index is 2.10. The Morgan fingerprint density at radius 1 is 1.50 bits per heavy atom. The van der Waals surface area contributed by atoms with Crippen LogP contribution in [0, 0.1) is 0 Å².